The summed E-state index contributed by atoms with van der Waals surface area (Å²) in [6, 6.07) is 0. The maximum Gasteiger partial charge on any atom is 0.223 e. The second-order valence-electron chi connectivity index (χ2n) is 5.25. The maximum absolute atomic E-state index is 11.4. The number of allylic oxidation sites excluding steroid dienone is 3. The van der Waals surface area contributed by atoms with Crippen LogP contribution >= 0.6 is 0 Å². The van der Waals surface area contributed by atoms with Gasteiger partial charge in [0.2, 0.25) is 5.91 Å². The third-order valence-corrected chi connectivity index (χ3v) is 3.31. The second kappa shape index (κ2) is 4.44. The predicted octanol–water partition coefficient (Wildman–Crippen LogP) is 2.60. The Morgan fingerprint density at radius 3 is 2.83 bits per heavy atom. The molecule has 0 spiro atoms. The molecule has 2 rings (SSSR count). The molecule has 0 unspecified atom stereocenters. The van der Waals surface area contributed by atoms with E-state index in [0.717, 1.165) is 12.0 Å². The van der Waals surface area contributed by atoms with Crippen LogP contribution in [0.2, 0.25) is 0 Å². The largest absolute Gasteiger partial charge is 0.466 e. The van der Waals surface area contributed by atoms with Gasteiger partial charge in [-0.3, -0.25) is 4.79 Å². The van der Waals surface area contributed by atoms with Gasteiger partial charge in [-0.1, -0.05) is 19.9 Å². The molecule has 96 valence electrons. The molecule has 0 atom stereocenters. The summed E-state index contributed by atoms with van der Waals surface area (Å²) in [5, 5.41) is 8.06. The van der Waals surface area contributed by atoms with E-state index in [-0.39, 0.29) is 11.3 Å². The molecule has 18 heavy (non-hydrogen) atoms. The number of nitrogens with zero attached hydrogens (tertiary/aromatic N) is 1. The lowest BCUT2D eigenvalue weighted by Crippen LogP contribution is -2.33. The van der Waals surface area contributed by atoms with Gasteiger partial charge in [0.15, 0.2) is 0 Å². The standard InChI is InChI=1S/C14H18N2O2/c1-10(17)16-7-8-18-12(9-16)13-11(15)5-4-6-14(13,2)3/h4-5,7-8,15H,6,9H2,1-3H3. The van der Waals surface area contributed by atoms with Gasteiger partial charge in [-0.2, -0.15) is 0 Å². The van der Waals surface area contributed by atoms with Gasteiger partial charge in [0.05, 0.1) is 12.3 Å². The lowest BCUT2D eigenvalue weighted by atomic mass is 9.74. The first-order valence-electron chi connectivity index (χ1n) is 6.01. The van der Waals surface area contributed by atoms with Crippen LogP contribution in [-0.2, 0) is 9.53 Å². The van der Waals surface area contributed by atoms with Gasteiger partial charge in [-0.15, -0.1) is 0 Å². The minimum Gasteiger partial charge on any atom is -0.466 e. The Kier molecular flexibility index (Phi) is 3.11. The van der Waals surface area contributed by atoms with Crippen molar-refractivity contribution in [2.75, 3.05) is 6.54 Å². The van der Waals surface area contributed by atoms with Crippen LogP contribution in [0.5, 0.6) is 0 Å². The van der Waals surface area contributed by atoms with E-state index in [1.54, 1.807) is 17.2 Å². The molecule has 0 bridgehead atoms. The smallest absolute Gasteiger partial charge is 0.223 e. The normalized spacial score (nSPS) is 26.2. The highest BCUT2D eigenvalue weighted by Gasteiger charge is 2.32. The highest BCUT2D eigenvalue weighted by molar-refractivity contribution is 6.08. The van der Waals surface area contributed by atoms with E-state index in [1.165, 1.54) is 13.2 Å². The van der Waals surface area contributed by atoms with Gasteiger partial charge < -0.3 is 15.0 Å². The van der Waals surface area contributed by atoms with Gasteiger partial charge in [-0.05, 0) is 17.9 Å². The number of carbonyl (C=O) groups excluding carboxylic acids is 1. The first-order valence-corrected chi connectivity index (χ1v) is 6.01. The Labute approximate surface area is 107 Å². The van der Waals surface area contributed by atoms with Crippen LogP contribution in [-0.4, -0.2) is 23.1 Å². The fourth-order valence-corrected chi connectivity index (χ4v) is 2.33. The van der Waals surface area contributed by atoms with Gasteiger partial charge in [-0.25, -0.2) is 0 Å². The third-order valence-electron chi connectivity index (χ3n) is 3.31. The van der Waals surface area contributed by atoms with Crippen molar-refractivity contribution in [3.05, 3.63) is 35.9 Å². The first-order chi connectivity index (χ1) is 8.42. The molecular weight excluding hydrogens is 228 g/mol. The van der Waals surface area contributed by atoms with E-state index >= 15 is 0 Å². The Balaban J connectivity index is 2.41. The van der Waals surface area contributed by atoms with Crippen molar-refractivity contribution in [1.29, 1.82) is 5.41 Å². The number of amides is 1. The molecule has 0 fully saturated rings. The zero-order valence-electron chi connectivity index (χ0n) is 11.0. The topological polar surface area (TPSA) is 53.4 Å². The van der Waals surface area contributed by atoms with Crippen molar-refractivity contribution >= 4 is 11.6 Å². The van der Waals surface area contributed by atoms with E-state index in [4.69, 9.17) is 10.1 Å². The van der Waals surface area contributed by atoms with Crippen molar-refractivity contribution < 1.29 is 9.53 Å². The Morgan fingerprint density at radius 1 is 1.50 bits per heavy atom. The Bertz CT molecular complexity index is 484. The van der Waals surface area contributed by atoms with Gasteiger partial charge in [0.1, 0.15) is 12.0 Å². The fourth-order valence-electron chi connectivity index (χ4n) is 2.33. The van der Waals surface area contributed by atoms with E-state index in [0.29, 0.717) is 18.0 Å². The molecule has 0 saturated heterocycles. The lowest BCUT2D eigenvalue weighted by Gasteiger charge is -2.33. The molecule has 0 radical (unpaired) electrons. The zero-order chi connectivity index (χ0) is 13.3. The number of hydrogen-bond acceptors (Lipinski definition) is 3. The van der Waals surface area contributed by atoms with Gasteiger partial charge >= 0.3 is 0 Å². The van der Waals surface area contributed by atoms with E-state index < -0.39 is 0 Å². The average Bonchev–Trinajstić information content (AvgIpc) is 2.28. The van der Waals surface area contributed by atoms with E-state index in [9.17, 15) is 4.79 Å². The van der Waals surface area contributed by atoms with Crippen LogP contribution in [0.3, 0.4) is 0 Å². The summed E-state index contributed by atoms with van der Waals surface area (Å²) in [7, 11) is 0. The maximum atomic E-state index is 11.4. The molecule has 1 aliphatic carbocycles. The summed E-state index contributed by atoms with van der Waals surface area (Å²) in [5.74, 6) is 0.676. The van der Waals surface area contributed by atoms with Crippen LogP contribution in [0.25, 0.3) is 0 Å². The van der Waals surface area contributed by atoms with Crippen molar-refractivity contribution in [3.8, 4) is 0 Å². The highest BCUT2D eigenvalue weighted by Crippen LogP contribution is 2.38. The molecule has 1 N–H and O–H groups in total. The zero-order valence-corrected chi connectivity index (χ0v) is 11.0. The summed E-state index contributed by atoms with van der Waals surface area (Å²) >= 11 is 0. The quantitative estimate of drug-likeness (QED) is 0.714. The molecule has 2 aliphatic rings. The highest BCUT2D eigenvalue weighted by atomic mass is 16.5. The van der Waals surface area contributed by atoms with Crippen molar-refractivity contribution in [3.63, 3.8) is 0 Å². The van der Waals surface area contributed by atoms with Crippen LogP contribution < -0.4 is 0 Å². The number of nitrogens with one attached hydrogen (secondary N) is 1. The lowest BCUT2D eigenvalue weighted by molar-refractivity contribution is -0.126. The number of ether oxygens (including phenoxy) is 1. The predicted molar refractivity (Wildman–Crippen MR) is 69.9 cm³/mol. The van der Waals surface area contributed by atoms with Crippen LogP contribution in [0, 0.1) is 10.8 Å². The molecular formula is C14H18N2O2. The molecule has 1 heterocycles. The van der Waals surface area contributed by atoms with Crippen LogP contribution in [0.15, 0.2) is 35.9 Å². The molecule has 0 aromatic rings. The van der Waals surface area contributed by atoms with E-state index in [2.05, 4.69) is 13.8 Å². The molecule has 1 aliphatic heterocycles. The fraction of sp³-hybridized carbons (Fsp3) is 0.429. The molecule has 0 aromatic heterocycles. The number of rotatable bonds is 0. The van der Waals surface area contributed by atoms with Crippen molar-refractivity contribution in [1.82, 2.24) is 4.90 Å². The summed E-state index contributed by atoms with van der Waals surface area (Å²) < 4.78 is 5.53. The molecule has 0 saturated carbocycles. The monoisotopic (exact) mass is 246 g/mol. The van der Waals surface area contributed by atoms with Crippen LogP contribution in [0.1, 0.15) is 27.2 Å². The Morgan fingerprint density at radius 2 is 2.22 bits per heavy atom. The molecule has 4 nitrogen and oxygen atoms in total. The second-order valence-corrected chi connectivity index (χ2v) is 5.25. The minimum atomic E-state index is -0.130. The van der Waals surface area contributed by atoms with E-state index in [1.807, 2.05) is 6.08 Å². The summed E-state index contributed by atoms with van der Waals surface area (Å²) in [6.07, 6.45) is 7.82. The summed E-state index contributed by atoms with van der Waals surface area (Å²) in [6.45, 7) is 6.11. The molecule has 4 heteroatoms. The van der Waals surface area contributed by atoms with Crippen molar-refractivity contribution in [2.45, 2.75) is 27.2 Å². The van der Waals surface area contributed by atoms with Crippen molar-refractivity contribution in [2.24, 2.45) is 5.41 Å². The Hall–Kier alpha value is -1.84. The minimum absolute atomic E-state index is 0.0247. The van der Waals surface area contributed by atoms with Crippen LogP contribution in [0.4, 0.5) is 0 Å². The summed E-state index contributed by atoms with van der Waals surface area (Å²) in [4.78, 5) is 13.0. The number of hydrogen-bond donors (Lipinski definition) is 1. The SMILES string of the molecule is CC(=O)N1C=COC(=C2C(=N)C=CCC2(C)C)C1. The van der Waals surface area contributed by atoms with Gasteiger partial charge in [0.25, 0.3) is 0 Å². The van der Waals surface area contributed by atoms with Gasteiger partial charge in [0, 0.05) is 18.7 Å². The number of carbonyl (C=O) groups is 1. The molecule has 1 amide bonds. The average molecular weight is 246 g/mol. The first kappa shape index (κ1) is 12.6. The molecule has 0 aromatic carbocycles. The summed E-state index contributed by atoms with van der Waals surface area (Å²) in [5.41, 5.74) is 1.23. The third kappa shape index (κ3) is 2.23.